The molecule has 2 N–H and O–H groups in total. The Balaban J connectivity index is 1.72. The van der Waals surface area contributed by atoms with Crippen molar-refractivity contribution in [1.29, 1.82) is 0 Å². The molecule has 5 nitrogen and oxygen atoms in total. The number of pyridine rings is 1. The molecule has 1 aromatic carbocycles. The number of benzene rings is 1. The summed E-state index contributed by atoms with van der Waals surface area (Å²) in [6.07, 6.45) is 3.58. The number of nitrogens with zero attached hydrogens (tertiary/aromatic N) is 2. The molecule has 0 saturated heterocycles. The van der Waals surface area contributed by atoms with Crippen LogP contribution in [0.15, 0.2) is 48.8 Å². The van der Waals surface area contributed by atoms with Gasteiger partial charge in [-0.3, -0.25) is 4.79 Å². The van der Waals surface area contributed by atoms with Gasteiger partial charge in [0.05, 0.1) is 12.2 Å². The number of amides is 1. The third kappa shape index (κ3) is 2.72. The van der Waals surface area contributed by atoms with Gasteiger partial charge in [-0.25, -0.2) is 4.98 Å². The van der Waals surface area contributed by atoms with E-state index in [0.29, 0.717) is 23.4 Å². The van der Waals surface area contributed by atoms with E-state index in [2.05, 4.69) is 10.3 Å². The van der Waals surface area contributed by atoms with Crippen LogP contribution < -0.4 is 5.32 Å². The highest BCUT2D eigenvalue weighted by Gasteiger charge is 2.08. The Bertz CT molecular complexity index is 791. The maximum absolute atomic E-state index is 12.0. The van der Waals surface area contributed by atoms with Crippen LogP contribution in [-0.4, -0.2) is 20.4 Å². The number of imidazole rings is 1. The van der Waals surface area contributed by atoms with Crippen molar-refractivity contribution >= 4 is 11.6 Å². The quantitative estimate of drug-likeness (QED) is 0.774. The fourth-order valence-corrected chi connectivity index (χ4v) is 2.11. The molecule has 0 fully saturated rings. The molecule has 3 rings (SSSR count). The number of hydrogen-bond donors (Lipinski definition) is 2. The molecule has 1 amide bonds. The van der Waals surface area contributed by atoms with Crippen LogP contribution >= 0.6 is 0 Å². The zero-order valence-electron chi connectivity index (χ0n) is 11.6. The van der Waals surface area contributed by atoms with E-state index in [1.165, 1.54) is 0 Å². The van der Waals surface area contributed by atoms with Crippen molar-refractivity contribution in [2.24, 2.45) is 0 Å². The predicted octanol–water partition coefficient (Wildman–Crippen LogP) is 2.28. The molecule has 3 aromatic rings. The van der Waals surface area contributed by atoms with E-state index in [9.17, 15) is 9.90 Å². The average Bonchev–Trinajstić information content (AvgIpc) is 2.90. The summed E-state index contributed by atoms with van der Waals surface area (Å²) >= 11 is 0. The van der Waals surface area contributed by atoms with Gasteiger partial charge in [0.2, 0.25) is 0 Å². The molecule has 21 heavy (non-hydrogen) atoms. The van der Waals surface area contributed by atoms with Crippen LogP contribution in [0.5, 0.6) is 5.75 Å². The Morgan fingerprint density at radius 1 is 1.29 bits per heavy atom. The first-order valence-corrected chi connectivity index (χ1v) is 6.64. The summed E-state index contributed by atoms with van der Waals surface area (Å²) in [6, 6.07) is 10.7. The number of fused-ring (bicyclic) bond motifs is 1. The summed E-state index contributed by atoms with van der Waals surface area (Å²) in [6.45, 7) is 2.29. The van der Waals surface area contributed by atoms with Gasteiger partial charge < -0.3 is 14.8 Å². The van der Waals surface area contributed by atoms with Gasteiger partial charge in [0.25, 0.3) is 5.91 Å². The fraction of sp³-hybridized carbons (Fsp3) is 0.125. The molecule has 0 radical (unpaired) electrons. The Kier molecular flexibility index (Phi) is 3.31. The first-order chi connectivity index (χ1) is 10.1. The Morgan fingerprint density at radius 3 is 2.76 bits per heavy atom. The van der Waals surface area contributed by atoms with Crippen LogP contribution in [0.3, 0.4) is 0 Å². The van der Waals surface area contributed by atoms with Crippen molar-refractivity contribution in [3.8, 4) is 5.75 Å². The average molecular weight is 281 g/mol. The van der Waals surface area contributed by atoms with Crippen molar-refractivity contribution in [2.75, 3.05) is 0 Å². The van der Waals surface area contributed by atoms with Crippen LogP contribution in [0.2, 0.25) is 0 Å². The number of aromatic hydroxyl groups is 1. The van der Waals surface area contributed by atoms with Crippen molar-refractivity contribution in [1.82, 2.24) is 14.7 Å². The first-order valence-electron chi connectivity index (χ1n) is 6.64. The summed E-state index contributed by atoms with van der Waals surface area (Å²) in [5, 5.41) is 12.5. The van der Waals surface area contributed by atoms with E-state index in [1.54, 1.807) is 41.1 Å². The molecule has 0 spiro atoms. The molecular formula is C16H15N3O2. The Labute approximate surface area is 121 Å². The van der Waals surface area contributed by atoms with Gasteiger partial charge in [-0.15, -0.1) is 0 Å². The zero-order chi connectivity index (χ0) is 14.8. The second-order valence-electron chi connectivity index (χ2n) is 4.91. The lowest BCUT2D eigenvalue weighted by Crippen LogP contribution is -2.22. The van der Waals surface area contributed by atoms with Crippen molar-refractivity contribution in [2.45, 2.75) is 13.5 Å². The topological polar surface area (TPSA) is 66.6 Å². The van der Waals surface area contributed by atoms with Gasteiger partial charge >= 0.3 is 0 Å². The molecule has 0 unspecified atom stereocenters. The third-order valence-electron chi connectivity index (χ3n) is 3.26. The normalized spacial score (nSPS) is 10.7. The number of hydrogen-bond acceptors (Lipinski definition) is 3. The van der Waals surface area contributed by atoms with E-state index in [-0.39, 0.29) is 11.7 Å². The minimum Gasteiger partial charge on any atom is -0.504 e. The number of aromatic nitrogens is 2. The second kappa shape index (κ2) is 5.28. The molecule has 0 atom stereocenters. The number of carbonyl (C=O) groups excluding carboxylic acids is 1. The Hall–Kier alpha value is -2.82. The van der Waals surface area contributed by atoms with Crippen LogP contribution in [-0.2, 0) is 6.54 Å². The molecular weight excluding hydrogens is 266 g/mol. The van der Waals surface area contributed by atoms with Crippen LogP contribution in [0, 0.1) is 6.92 Å². The molecule has 0 bridgehead atoms. The van der Waals surface area contributed by atoms with E-state index < -0.39 is 0 Å². The highest BCUT2D eigenvalue weighted by atomic mass is 16.3. The highest BCUT2D eigenvalue weighted by Crippen LogP contribution is 2.16. The molecule has 0 aliphatic carbocycles. The van der Waals surface area contributed by atoms with E-state index >= 15 is 0 Å². The number of rotatable bonds is 3. The third-order valence-corrected chi connectivity index (χ3v) is 3.26. The van der Waals surface area contributed by atoms with Gasteiger partial charge in [-0.1, -0.05) is 17.7 Å². The number of nitrogens with one attached hydrogen (secondary N) is 1. The second-order valence-corrected chi connectivity index (χ2v) is 4.91. The maximum Gasteiger partial charge on any atom is 0.251 e. The van der Waals surface area contributed by atoms with Gasteiger partial charge in [-0.2, -0.15) is 0 Å². The smallest absolute Gasteiger partial charge is 0.251 e. The standard InChI is InChI=1S/C16H15N3O2/c1-11-4-6-12(7-5-11)16(21)17-9-13-10-19-8-2-3-14(20)15(19)18-13/h2-8,10,20H,9H2,1H3,(H,17,21). The van der Waals surface area contributed by atoms with Crippen LogP contribution in [0.25, 0.3) is 5.65 Å². The zero-order valence-corrected chi connectivity index (χ0v) is 11.6. The van der Waals surface area contributed by atoms with Crippen LogP contribution in [0.4, 0.5) is 0 Å². The van der Waals surface area contributed by atoms with Crippen molar-refractivity contribution in [3.63, 3.8) is 0 Å². The lowest BCUT2D eigenvalue weighted by molar-refractivity contribution is 0.0950. The van der Waals surface area contributed by atoms with E-state index in [4.69, 9.17) is 0 Å². The summed E-state index contributed by atoms with van der Waals surface area (Å²) in [7, 11) is 0. The van der Waals surface area contributed by atoms with Gasteiger partial charge in [0.15, 0.2) is 11.4 Å². The molecule has 2 aromatic heterocycles. The maximum atomic E-state index is 12.0. The lowest BCUT2D eigenvalue weighted by Gasteiger charge is -2.03. The SMILES string of the molecule is Cc1ccc(C(=O)NCc2cn3cccc(O)c3n2)cc1. The fourth-order valence-electron chi connectivity index (χ4n) is 2.11. The number of aryl methyl sites for hydroxylation is 1. The summed E-state index contributed by atoms with van der Waals surface area (Å²) in [5.74, 6) is -0.0233. The van der Waals surface area contributed by atoms with Gasteiger partial charge in [-0.05, 0) is 31.2 Å². The molecule has 2 heterocycles. The van der Waals surface area contributed by atoms with Gasteiger partial charge in [0, 0.05) is 18.0 Å². The minimum absolute atomic E-state index is 0.119. The number of carbonyl (C=O) groups is 1. The Morgan fingerprint density at radius 2 is 2.05 bits per heavy atom. The van der Waals surface area contributed by atoms with Crippen molar-refractivity contribution < 1.29 is 9.90 Å². The molecule has 0 saturated carbocycles. The monoisotopic (exact) mass is 281 g/mol. The van der Waals surface area contributed by atoms with E-state index in [0.717, 1.165) is 5.56 Å². The van der Waals surface area contributed by atoms with Crippen LogP contribution in [0.1, 0.15) is 21.6 Å². The molecule has 0 aliphatic rings. The largest absolute Gasteiger partial charge is 0.504 e. The van der Waals surface area contributed by atoms with Gasteiger partial charge in [0.1, 0.15) is 0 Å². The first kappa shape index (κ1) is 13.2. The van der Waals surface area contributed by atoms with Crippen molar-refractivity contribution in [3.05, 3.63) is 65.6 Å². The lowest BCUT2D eigenvalue weighted by atomic mass is 10.1. The minimum atomic E-state index is -0.142. The van der Waals surface area contributed by atoms with E-state index in [1.807, 2.05) is 19.1 Å². The predicted molar refractivity (Wildman–Crippen MR) is 79.2 cm³/mol. The summed E-state index contributed by atoms with van der Waals surface area (Å²) in [5.41, 5.74) is 2.91. The molecule has 0 aliphatic heterocycles. The molecule has 106 valence electrons. The summed E-state index contributed by atoms with van der Waals surface area (Å²) < 4.78 is 1.72. The molecule has 5 heteroatoms. The highest BCUT2D eigenvalue weighted by molar-refractivity contribution is 5.94. The summed E-state index contributed by atoms with van der Waals surface area (Å²) in [4.78, 5) is 16.3.